The minimum atomic E-state index is -3.66. The smallest absolute Gasteiger partial charge is 0.326 e. The molecule has 0 aromatic heterocycles. The van der Waals surface area contributed by atoms with Crippen molar-refractivity contribution in [2.75, 3.05) is 11.1 Å². The van der Waals surface area contributed by atoms with Crippen LogP contribution >= 0.6 is 0 Å². The Morgan fingerprint density at radius 3 is 2.14 bits per heavy atom. The predicted octanol–water partition coefficient (Wildman–Crippen LogP) is 1.69. The molecule has 0 saturated heterocycles. The van der Waals surface area contributed by atoms with Crippen molar-refractivity contribution in [1.29, 1.82) is 0 Å². The van der Waals surface area contributed by atoms with Crippen molar-refractivity contribution in [2.24, 2.45) is 0 Å². The van der Waals surface area contributed by atoms with Crippen LogP contribution in [0.15, 0.2) is 59.5 Å². The number of sulfone groups is 1. The Hall–Kier alpha value is -3.20. The van der Waals surface area contributed by atoms with E-state index in [4.69, 9.17) is 0 Å². The molecule has 0 saturated carbocycles. The van der Waals surface area contributed by atoms with Gasteiger partial charge in [0.15, 0.2) is 9.84 Å². The first-order valence-corrected chi connectivity index (χ1v) is 10.0. The zero-order valence-electron chi connectivity index (χ0n) is 15.1. The zero-order chi connectivity index (χ0) is 20.7. The van der Waals surface area contributed by atoms with E-state index in [0.29, 0.717) is 5.69 Å². The Morgan fingerprint density at radius 1 is 1.00 bits per heavy atom. The van der Waals surface area contributed by atoms with Crippen LogP contribution in [0.2, 0.25) is 0 Å². The van der Waals surface area contributed by atoms with Gasteiger partial charge in [0, 0.05) is 18.2 Å². The fourth-order valence-electron chi connectivity index (χ4n) is 2.43. The van der Waals surface area contributed by atoms with E-state index >= 15 is 0 Å². The second kappa shape index (κ2) is 9.14. The molecular formula is C19H20N2O6S. The van der Waals surface area contributed by atoms with Gasteiger partial charge in [0.1, 0.15) is 6.04 Å². The fourth-order valence-corrected chi connectivity index (χ4v) is 3.78. The van der Waals surface area contributed by atoms with Gasteiger partial charge in [-0.3, -0.25) is 9.59 Å². The molecule has 0 aliphatic rings. The predicted molar refractivity (Wildman–Crippen MR) is 103 cm³/mol. The summed E-state index contributed by atoms with van der Waals surface area (Å²) in [5, 5.41) is 14.2. The number of rotatable bonds is 8. The van der Waals surface area contributed by atoms with E-state index in [-0.39, 0.29) is 22.8 Å². The van der Waals surface area contributed by atoms with Crippen molar-refractivity contribution in [3.8, 4) is 0 Å². The molecule has 0 bridgehead atoms. The number of nitrogens with one attached hydrogen (secondary N) is 2. The molecule has 2 aromatic rings. The van der Waals surface area contributed by atoms with Crippen LogP contribution in [-0.4, -0.2) is 43.1 Å². The molecule has 8 nitrogen and oxygen atoms in total. The highest BCUT2D eigenvalue weighted by Gasteiger charge is 2.24. The van der Waals surface area contributed by atoms with E-state index in [9.17, 15) is 27.9 Å². The number of carboxylic acid groups (broad SMARTS) is 1. The molecule has 0 heterocycles. The molecule has 3 N–H and O–H groups in total. The van der Waals surface area contributed by atoms with Gasteiger partial charge in [-0.1, -0.05) is 18.2 Å². The lowest BCUT2D eigenvalue weighted by molar-refractivity contribution is -0.139. The molecular weight excluding hydrogens is 384 g/mol. The first-order chi connectivity index (χ1) is 13.2. The van der Waals surface area contributed by atoms with Gasteiger partial charge >= 0.3 is 5.97 Å². The molecule has 0 aliphatic heterocycles. The van der Waals surface area contributed by atoms with Crippen molar-refractivity contribution in [3.05, 3.63) is 60.2 Å². The lowest BCUT2D eigenvalue weighted by atomic mass is 10.1. The number of aliphatic carboxylic acids is 1. The molecule has 0 radical (unpaired) electrons. The molecule has 1 atom stereocenters. The minimum absolute atomic E-state index is 0.0963. The monoisotopic (exact) mass is 404 g/mol. The van der Waals surface area contributed by atoms with E-state index < -0.39 is 33.5 Å². The molecule has 2 aromatic carbocycles. The van der Waals surface area contributed by atoms with Crippen LogP contribution in [0, 0.1) is 0 Å². The van der Waals surface area contributed by atoms with Crippen molar-refractivity contribution in [1.82, 2.24) is 5.32 Å². The standard InChI is InChI=1S/C19H20N2O6S/c1-13(22)20-15-9-7-14(8-10-15)18(23)21-17(19(24)25)11-12-28(26,27)16-5-3-2-4-6-16/h2-10,17H,11-12H2,1H3,(H,20,22)(H,21,23)(H,24,25)/t17-/m0/s1. The van der Waals surface area contributed by atoms with E-state index in [2.05, 4.69) is 10.6 Å². The summed E-state index contributed by atoms with van der Waals surface area (Å²) >= 11 is 0. The van der Waals surface area contributed by atoms with Gasteiger partial charge in [-0.15, -0.1) is 0 Å². The molecule has 0 unspecified atom stereocenters. The number of anilines is 1. The summed E-state index contributed by atoms with van der Waals surface area (Å²) in [5.41, 5.74) is 0.680. The summed E-state index contributed by atoms with van der Waals surface area (Å²) in [6, 6.07) is 12.2. The van der Waals surface area contributed by atoms with E-state index in [1.807, 2.05) is 0 Å². The average Bonchev–Trinajstić information content (AvgIpc) is 2.65. The third-order valence-electron chi connectivity index (χ3n) is 3.85. The molecule has 0 aliphatic carbocycles. The lowest BCUT2D eigenvalue weighted by Crippen LogP contribution is -2.41. The van der Waals surface area contributed by atoms with Gasteiger partial charge in [0.05, 0.1) is 10.6 Å². The van der Waals surface area contributed by atoms with E-state index in [1.165, 1.54) is 43.3 Å². The van der Waals surface area contributed by atoms with Gasteiger partial charge < -0.3 is 15.7 Å². The SMILES string of the molecule is CC(=O)Nc1ccc(C(=O)N[C@@H](CCS(=O)(=O)c2ccccc2)C(=O)O)cc1. The van der Waals surface area contributed by atoms with E-state index in [0.717, 1.165) is 0 Å². The normalized spacial score (nSPS) is 12.0. The second-order valence-corrected chi connectivity index (χ2v) is 8.15. The van der Waals surface area contributed by atoms with Crippen LogP contribution in [-0.2, 0) is 19.4 Å². The molecule has 28 heavy (non-hydrogen) atoms. The summed E-state index contributed by atoms with van der Waals surface area (Å²) in [5.74, 6) is -2.66. The van der Waals surface area contributed by atoms with Crippen molar-refractivity contribution in [3.63, 3.8) is 0 Å². The summed E-state index contributed by atoms with van der Waals surface area (Å²) in [7, 11) is -3.66. The van der Waals surface area contributed by atoms with Gasteiger partial charge in [-0.05, 0) is 42.8 Å². The average molecular weight is 404 g/mol. The second-order valence-electron chi connectivity index (χ2n) is 6.04. The van der Waals surface area contributed by atoms with Gasteiger partial charge in [0.2, 0.25) is 5.91 Å². The third kappa shape index (κ3) is 5.92. The highest BCUT2D eigenvalue weighted by molar-refractivity contribution is 7.91. The van der Waals surface area contributed by atoms with Crippen LogP contribution in [0.5, 0.6) is 0 Å². The van der Waals surface area contributed by atoms with Crippen LogP contribution in [0.25, 0.3) is 0 Å². The molecule has 0 spiro atoms. The lowest BCUT2D eigenvalue weighted by Gasteiger charge is -2.15. The number of hydrogen-bond acceptors (Lipinski definition) is 5. The summed E-state index contributed by atoms with van der Waals surface area (Å²) in [4.78, 5) is 34.8. The van der Waals surface area contributed by atoms with Crippen LogP contribution in [0.4, 0.5) is 5.69 Å². The summed E-state index contributed by atoms with van der Waals surface area (Å²) in [6.45, 7) is 1.35. The quantitative estimate of drug-likeness (QED) is 0.614. The Kier molecular flexibility index (Phi) is 6.89. The number of carbonyl (C=O) groups excluding carboxylic acids is 2. The van der Waals surface area contributed by atoms with Crippen LogP contribution in [0.3, 0.4) is 0 Å². The molecule has 148 valence electrons. The maximum absolute atomic E-state index is 12.3. The number of amides is 2. The maximum Gasteiger partial charge on any atom is 0.326 e. The Morgan fingerprint density at radius 2 is 1.61 bits per heavy atom. The number of carboxylic acids is 1. The number of benzene rings is 2. The van der Waals surface area contributed by atoms with Crippen LogP contribution < -0.4 is 10.6 Å². The highest BCUT2D eigenvalue weighted by Crippen LogP contribution is 2.13. The van der Waals surface area contributed by atoms with Crippen LogP contribution in [0.1, 0.15) is 23.7 Å². The Labute approximate surface area is 162 Å². The Balaban J connectivity index is 2.03. The summed E-state index contributed by atoms with van der Waals surface area (Å²) in [6.07, 6.45) is -0.276. The first-order valence-electron chi connectivity index (χ1n) is 8.38. The topological polar surface area (TPSA) is 130 Å². The number of carbonyl (C=O) groups is 3. The van der Waals surface area contributed by atoms with Gasteiger partial charge in [0.25, 0.3) is 5.91 Å². The minimum Gasteiger partial charge on any atom is -0.480 e. The molecule has 2 rings (SSSR count). The first kappa shape index (κ1) is 21.1. The van der Waals surface area contributed by atoms with Crippen molar-refractivity contribution in [2.45, 2.75) is 24.3 Å². The highest BCUT2D eigenvalue weighted by atomic mass is 32.2. The van der Waals surface area contributed by atoms with E-state index in [1.54, 1.807) is 18.2 Å². The molecule has 9 heteroatoms. The van der Waals surface area contributed by atoms with Crippen molar-refractivity contribution >= 4 is 33.3 Å². The Bertz CT molecular complexity index is 956. The number of hydrogen-bond donors (Lipinski definition) is 3. The van der Waals surface area contributed by atoms with Gasteiger partial charge in [-0.2, -0.15) is 0 Å². The fraction of sp³-hybridized carbons (Fsp3) is 0.211. The largest absolute Gasteiger partial charge is 0.480 e. The maximum atomic E-state index is 12.3. The third-order valence-corrected chi connectivity index (χ3v) is 5.61. The van der Waals surface area contributed by atoms with Gasteiger partial charge in [-0.25, -0.2) is 13.2 Å². The molecule has 0 fully saturated rings. The molecule has 2 amide bonds. The summed E-state index contributed by atoms with van der Waals surface area (Å²) < 4.78 is 24.6. The zero-order valence-corrected chi connectivity index (χ0v) is 15.9. The van der Waals surface area contributed by atoms with Crippen molar-refractivity contribution < 1.29 is 27.9 Å².